The second kappa shape index (κ2) is 6.55. The number of hydrogen-bond donors (Lipinski definition) is 1. The van der Waals surface area contributed by atoms with Crippen LogP contribution in [0.5, 0.6) is 23.0 Å². The summed E-state index contributed by atoms with van der Waals surface area (Å²) in [6.07, 6.45) is 0.0701. The molecule has 2 aliphatic rings. The van der Waals surface area contributed by atoms with Crippen LogP contribution in [0.2, 0.25) is 0 Å². The molecule has 0 aliphatic carbocycles. The van der Waals surface area contributed by atoms with Gasteiger partial charge in [-0.25, -0.2) is 0 Å². The summed E-state index contributed by atoms with van der Waals surface area (Å²) in [5.41, 5.74) is 1.84. The molecule has 2 aromatic carbocycles. The Hall–Kier alpha value is -2.89. The van der Waals surface area contributed by atoms with Crippen LogP contribution >= 0.6 is 0 Å². The largest absolute Gasteiger partial charge is 0.492 e. The van der Waals surface area contributed by atoms with E-state index in [-0.39, 0.29) is 12.3 Å². The molecule has 0 saturated heterocycles. The highest BCUT2D eigenvalue weighted by Gasteiger charge is 2.26. The molecule has 1 unspecified atom stereocenters. The van der Waals surface area contributed by atoms with Gasteiger partial charge in [-0.2, -0.15) is 0 Å². The van der Waals surface area contributed by atoms with E-state index in [4.69, 9.17) is 24.1 Å². The van der Waals surface area contributed by atoms with Crippen molar-refractivity contribution in [2.24, 2.45) is 0 Å². The Bertz CT molecular complexity index is 800. The normalized spacial score (nSPS) is 17.5. The Morgan fingerprint density at radius 2 is 2.00 bits per heavy atom. The second-order valence-corrected chi connectivity index (χ2v) is 6.04. The van der Waals surface area contributed by atoms with Gasteiger partial charge in [0.25, 0.3) is 0 Å². The van der Waals surface area contributed by atoms with Crippen molar-refractivity contribution in [1.82, 2.24) is 0 Å². The zero-order chi connectivity index (χ0) is 17.2. The molecule has 2 aromatic rings. The maximum absolute atomic E-state index is 10.9. The van der Waals surface area contributed by atoms with Crippen LogP contribution in [-0.4, -0.2) is 30.9 Å². The predicted molar refractivity (Wildman–Crippen MR) is 88.7 cm³/mol. The molecule has 0 saturated carbocycles. The zero-order valence-corrected chi connectivity index (χ0v) is 13.6. The number of carbonyl (C=O) groups is 1. The van der Waals surface area contributed by atoms with Gasteiger partial charge in [0.05, 0.1) is 13.0 Å². The molecule has 0 bridgehead atoms. The van der Waals surface area contributed by atoms with Crippen molar-refractivity contribution in [2.45, 2.75) is 18.9 Å². The molecule has 0 aromatic heterocycles. The summed E-state index contributed by atoms with van der Waals surface area (Å²) in [4.78, 5) is 10.9. The van der Waals surface area contributed by atoms with E-state index >= 15 is 0 Å². The summed E-state index contributed by atoms with van der Waals surface area (Å²) in [6.45, 7) is 1.82. The number of aliphatic carboxylic acids is 1. The van der Waals surface area contributed by atoms with Gasteiger partial charge in [0.2, 0.25) is 0 Å². The molecule has 0 fully saturated rings. The smallest absolute Gasteiger partial charge is 0.304 e. The van der Waals surface area contributed by atoms with Crippen molar-refractivity contribution in [2.75, 3.05) is 19.8 Å². The van der Waals surface area contributed by atoms with Gasteiger partial charge < -0.3 is 24.1 Å². The minimum absolute atomic E-state index is 0.0701. The standard InChI is InChI=1S/C19H18O6/c20-18(21)8-13-11-25-17-9-14(4-5-15(13)17)24-10-12-2-1-3-16-19(12)23-7-6-22-16/h1-5,9,13H,6-8,10-11H2,(H,20,21). The van der Waals surface area contributed by atoms with Crippen molar-refractivity contribution in [3.8, 4) is 23.0 Å². The fourth-order valence-corrected chi connectivity index (χ4v) is 3.14. The molecule has 6 nitrogen and oxygen atoms in total. The molecule has 25 heavy (non-hydrogen) atoms. The van der Waals surface area contributed by atoms with Gasteiger partial charge >= 0.3 is 5.97 Å². The summed E-state index contributed by atoms with van der Waals surface area (Å²) in [6, 6.07) is 11.3. The van der Waals surface area contributed by atoms with Crippen molar-refractivity contribution in [1.29, 1.82) is 0 Å². The van der Waals surface area contributed by atoms with Crippen molar-refractivity contribution in [3.63, 3.8) is 0 Å². The number of benzene rings is 2. The maximum Gasteiger partial charge on any atom is 0.304 e. The molecule has 0 spiro atoms. The summed E-state index contributed by atoms with van der Waals surface area (Å²) in [5, 5.41) is 8.96. The average Bonchev–Trinajstić information content (AvgIpc) is 3.01. The van der Waals surface area contributed by atoms with Crippen molar-refractivity contribution < 1.29 is 28.8 Å². The third-order valence-electron chi connectivity index (χ3n) is 4.33. The molecule has 1 atom stereocenters. The summed E-state index contributed by atoms with van der Waals surface area (Å²) >= 11 is 0. The monoisotopic (exact) mass is 342 g/mol. The first-order valence-electron chi connectivity index (χ1n) is 8.19. The van der Waals surface area contributed by atoms with Gasteiger partial charge in [0.15, 0.2) is 11.5 Å². The Balaban J connectivity index is 1.47. The topological polar surface area (TPSA) is 74.2 Å². The highest BCUT2D eigenvalue weighted by Crippen LogP contribution is 2.39. The van der Waals surface area contributed by atoms with E-state index in [1.807, 2.05) is 36.4 Å². The van der Waals surface area contributed by atoms with E-state index in [1.54, 1.807) is 0 Å². The number of hydrogen-bond acceptors (Lipinski definition) is 5. The molecule has 130 valence electrons. The second-order valence-electron chi connectivity index (χ2n) is 6.04. The average molecular weight is 342 g/mol. The van der Waals surface area contributed by atoms with Gasteiger partial charge in [-0.05, 0) is 12.1 Å². The third-order valence-corrected chi connectivity index (χ3v) is 4.33. The fourth-order valence-electron chi connectivity index (χ4n) is 3.14. The van der Waals surface area contributed by atoms with E-state index in [0.29, 0.717) is 37.9 Å². The number of para-hydroxylation sites is 1. The Labute approximate surface area is 144 Å². The van der Waals surface area contributed by atoms with Crippen molar-refractivity contribution >= 4 is 5.97 Å². The first-order valence-corrected chi connectivity index (χ1v) is 8.19. The predicted octanol–water partition coefficient (Wildman–Crippen LogP) is 2.99. The zero-order valence-electron chi connectivity index (χ0n) is 13.6. The van der Waals surface area contributed by atoms with Gasteiger partial charge in [-0.15, -0.1) is 0 Å². The van der Waals surface area contributed by atoms with Gasteiger partial charge in [-0.3, -0.25) is 4.79 Å². The van der Waals surface area contributed by atoms with Crippen LogP contribution in [0.15, 0.2) is 36.4 Å². The lowest BCUT2D eigenvalue weighted by molar-refractivity contribution is -0.137. The van der Waals surface area contributed by atoms with Crippen LogP contribution in [-0.2, 0) is 11.4 Å². The molecule has 4 rings (SSSR count). The van der Waals surface area contributed by atoms with Gasteiger partial charge in [-0.1, -0.05) is 18.2 Å². The SMILES string of the molecule is O=C(O)CC1COc2cc(OCc3cccc4c3OCCO4)ccc21. The van der Waals surface area contributed by atoms with Gasteiger partial charge in [0.1, 0.15) is 31.3 Å². The van der Waals surface area contributed by atoms with E-state index < -0.39 is 5.97 Å². The molecular weight excluding hydrogens is 324 g/mol. The van der Waals surface area contributed by atoms with Crippen LogP contribution in [0.3, 0.4) is 0 Å². The lowest BCUT2D eigenvalue weighted by Crippen LogP contribution is -2.17. The number of fused-ring (bicyclic) bond motifs is 2. The molecule has 0 radical (unpaired) electrons. The Morgan fingerprint density at radius 1 is 1.12 bits per heavy atom. The van der Waals surface area contributed by atoms with E-state index in [1.165, 1.54) is 0 Å². The van der Waals surface area contributed by atoms with E-state index in [9.17, 15) is 4.79 Å². The summed E-state index contributed by atoms with van der Waals surface area (Å²) in [5.74, 6) is 1.90. The summed E-state index contributed by atoms with van der Waals surface area (Å²) < 4.78 is 22.7. The quantitative estimate of drug-likeness (QED) is 0.900. The first-order chi connectivity index (χ1) is 12.2. The highest BCUT2D eigenvalue weighted by atomic mass is 16.6. The van der Waals surface area contributed by atoms with Gasteiger partial charge in [0, 0.05) is 23.1 Å². The minimum Gasteiger partial charge on any atom is -0.492 e. The number of rotatable bonds is 5. The number of carboxylic acid groups (broad SMARTS) is 1. The Kier molecular flexibility index (Phi) is 4.09. The van der Waals surface area contributed by atoms with Crippen LogP contribution < -0.4 is 18.9 Å². The molecular formula is C19H18O6. The van der Waals surface area contributed by atoms with Crippen molar-refractivity contribution in [3.05, 3.63) is 47.5 Å². The van der Waals surface area contributed by atoms with Crippen LogP contribution in [0.4, 0.5) is 0 Å². The van der Waals surface area contributed by atoms with Crippen LogP contribution in [0.1, 0.15) is 23.5 Å². The van der Waals surface area contributed by atoms with Crippen LogP contribution in [0.25, 0.3) is 0 Å². The highest BCUT2D eigenvalue weighted by molar-refractivity contribution is 5.68. The molecule has 2 aliphatic heterocycles. The maximum atomic E-state index is 10.9. The molecule has 2 heterocycles. The lowest BCUT2D eigenvalue weighted by atomic mass is 9.98. The number of carboxylic acids is 1. The molecule has 6 heteroatoms. The Morgan fingerprint density at radius 3 is 2.88 bits per heavy atom. The fraction of sp³-hybridized carbons (Fsp3) is 0.316. The van der Waals surface area contributed by atoms with E-state index in [0.717, 1.165) is 22.6 Å². The summed E-state index contributed by atoms with van der Waals surface area (Å²) in [7, 11) is 0. The van der Waals surface area contributed by atoms with E-state index in [2.05, 4.69) is 0 Å². The third kappa shape index (κ3) is 3.20. The molecule has 1 N–H and O–H groups in total. The lowest BCUT2D eigenvalue weighted by Gasteiger charge is -2.21. The van der Waals surface area contributed by atoms with Crippen LogP contribution in [0, 0.1) is 0 Å². The number of ether oxygens (including phenoxy) is 4. The molecule has 0 amide bonds. The minimum atomic E-state index is -0.821. The first kappa shape index (κ1) is 15.6.